The minimum absolute atomic E-state index is 0.827. The summed E-state index contributed by atoms with van der Waals surface area (Å²) in [6.45, 7) is 6.94. The SMILES string of the molecule is Cc1nccc(N2CCN(Cc3cnc(-c4ccncc4)s3)CC2)n1. The summed E-state index contributed by atoms with van der Waals surface area (Å²) >= 11 is 1.76. The van der Waals surface area contributed by atoms with Crippen LogP contribution in [0.4, 0.5) is 5.82 Å². The fourth-order valence-electron chi connectivity index (χ4n) is 2.98. The maximum absolute atomic E-state index is 4.56. The molecular formula is C18H20N6S. The molecule has 3 aromatic rings. The standard InChI is InChI=1S/C18H20N6S/c1-14-20-7-4-17(22-14)24-10-8-23(9-11-24)13-16-12-21-18(25-16)15-2-5-19-6-3-15/h2-7,12H,8-11,13H2,1H3. The Hall–Kier alpha value is -2.38. The summed E-state index contributed by atoms with van der Waals surface area (Å²) in [5, 5.41) is 1.06. The number of anilines is 1. The first kappa shape index (κ1) is 16.1. The molecule has 25 heavy (non-hydrogen) atoms. The van der Waals surface area contributed by atoms with Gasteiger partial charge in [0.15, 0.2) is 0 Å². The second-order valence-electron chi connectivity index (χ2n) is 6.09. The molecule has 0 spiro atoms. The normalized spacial score (nSPS) is 15.5. The van der Waals surface area contributed by atoms with E-state index in [-0.39, 0.29) is 0 Å². The molecule has 0 atom stereocenters. The van der Waals surface area contributed by atoms with Crippen molar-refractivity contribution in [1.82, 2.24) is 24.8 Å². The molecule has 0 N–H and O–H groups in total. The van der Waals surface area contributed by atoms with Crippen LogP contribution in [0.15, 0.2) is 43.0 Å². The Morgan fingerprint density at radius 1 is 1.00 bits per heavy atom. The smallest absolute Gasteiger partial charge is 0.132 e. The van der Waals surface area contributed by atoms with E-state index in [0.717, 1.165) is 54.9 Å². The van der Waals surface area contributed by atoms with Crippen LogP contribution in [0.3, 0.4) is 0 Å². The predicted octanol–water partition coefficient (Wildman–Crippen LogP) is 2.63. The Labute approximate surface area is 151 Å². The van der Waals surface area contributed by atoms with Crippen LogP contribution in [0, 0.1) is 6.92 Å². The lowest BCUT2D eigenvalue weighted by Gasteiger charge is -2.35. The summed E-state index contributed by atoms with van der Waals surface area (Å²) in [4.78, 5) is 23.4. The molecular weight excluding hydrogens is 332 g/mol. The van der Waals surface area contributed by atoms with Crippen molar-refractivity contribution in [1.29, 1.82) is 0 Å². The second-order valence-corrected chi connectivity index (χ2v) is 7.21. The summed E-state index contributed by atoms with van der Waals surface area (Å²) in [5.41, 5.74) is 1.13. The molecule has 0 unspecified atom stereocenters. The van der Waals surface area contributed by atoms with Gasteiger partial charge in [0.1, 0.15) is 16.6 Å². The number of thiazole rings is 1. The van der Waals surface area contributed by atoms with Gasteiger partial charge in [-0.3, -0.25) is 9.88 Å². The summed E-state index contributed by atoms with van der Waals surface area (Å²) in [6.07, 6.45) is 7.46. The fourth-order valence-corrected chi connectivity index (χ4v) is 3.94. The zero-order valence-electron chi connectivity index (χ0n) is 14.2. The third-order valence-electron chi connectivity index (χ3n) is 4.32. The Morgan fingerprint density at radius 2 is 1.80 bits per heavy atom. The molecule has 0 amide bonds. The molecule has 4 rings (SSSR count). The molecule has 0 saturated carbocycles. The van der Waals surface area contributed by atoms with Gasteiger partial charge in [-0.2, -0.15) is 0 Å². The molecule has 1 fully saturated rings. The van der Waals surface area contributed by atoms with E-state index >= 15 is 0 Å². The van der Waals surface area contributed by atoms with Crippen LogP contribution < -0.4 is 4.90 Å². The second kappa shape index (κ2) is 7.25. The highest BCUT2D eigenvalue weighted by Crippen LogP contribution is 2.25. The van der Waals surface area contributed by atoms with E-state index in [1.54, 1.807) is 11.3 Å². The molecule has 0 aliphatic carbocycles. The molecule has 7 heteroatoms. The van der Waals surface area contributed by atoms with E-state index in [0.29, 0.717) is 0 Å². The summed E-state index contributed by atoms with van der Waals surface area (Å²) in [6, 6.07) is 6.00. The molecule has 0 aromatic carbocycles. The van der Waals surface area contributed by atoms with Crippen LogP contribution in [0.5, 0.6) is 0 Å². The molecule has 4 heterocycles. The fraction of sp³-hybridized carbons (Fsp3) is 0.333. The Bertz CT molecular complexity index is 826. The van der Waals surface area contributed by atoms with Gasteiger partial charge in [0.25, 0.3) is 0 Å². The minimum atomic E-state index is 0.827. The first-order chi connectivity index (χ1) is 12.3. The van der Waals surface area contributed by atoms with Crippen LogP contribution in [-0.4, -0.2) is 51.0 Å². The third-order valence-corrected chi connectivity index (χ3v) is 5.35. The molecule has 1 aliphatic heterocycles. The lowest BCUT2D eigenvalue weighted by atomic mass is 10.3. The van der Waals surface area contributed by atoms with Crippen LogP contribution in [-0.2, 0) is 6.54 Å². The zero-order chi connectivity index (χ0) is 17.1. The largest absolute Gasteiger partial charge is 0.354 e. The average molecular weight is 352 g/mol. The van der Waals surface area contributed by atoms with E-state index in [4.69, 9.17) is 0 Å². The molecule has 6 nitrogen and oxygen atoms in total. The Morgan fingerprint density at radius 3 is 2.56 bits per heavy atom. The van der Waals surface area contributed by atoms with E-state index < -0.39 is 0 Å². The molecule has 3 aromatic heterocycles. The maximum atomic E-state index is 4.56. The number of nitrogens with zero attached hydrogens (tertiary/aromatic N) is 6. The monoisotopic (exact) mass is 352 g/mol. The highest BCUT2D eigenvalue weighted by Gasteiger charge is 2.19. The van der Waals surface area contributed by atoms with Gasteiger partial charge >= 0.3 is 0 Å². The van der Waals surface area contributed by atoms with Crippen molar-refractivity contribution < 1.29 is 0 Å². The van der Waals surface area contributed by atoms with Crippen molar-refractivity contribution in [2.75, 3.05) is 31.1 Å². The first-order valence-electron chi connectivity index (χ1n) is 8.40. The number of aromatic nitrogens is 4. The average Bonchev–Trinajstić information content (AvgIpc) is 3.12. The summed E-state index contributed by atoms with van der Waals surface area (Å²) in [7, 11) is 0. The number of pyridine rings is 1. The van der Waals surface area contributed by atoms with Crippen molar-refractivity contribution in [2.45, 2.75) is 13.5 Å². The van der Waals surface area contributed by atoms with Crippen molar-refractivity contribution in [3.05, 3.63) is 53.7 Å². The van der Waals surface area contributed by atoms with Gasteiger partial charge < -0.3 is 4.90 Å². The van der Waals surface area contributed by atoms with Gasteiger partial charge in [-0.15, -0.1) is 11.3 Å². The highest BCUT2D eigenvalue weighted by molar-refractivity contribution is 7.15. The van der Waals surface area contributed by atoms with Crippen LogP contribution in [0.2, 0.25) is 0 Å². The topological polar surface area (TPSA) is 58.0 Å². The third kappa shape index (κ3) is 3.83. The predicted molar refractivity (Wildman–Crippen MR) is 99.6 cm³/mol. The van der Waals surface area contributed by atoms with Crippen LogP contribution in [0.25, 0.3) is 10.6 Å². The number of piperazine rings is 1. The molecule has 1 saturated heterocycles. The molecule has 0 bridgehead atoms. The summed E-state index contributed by atoms with van der Waals surface area (Å²) in [5.74, 6) is 1.86. The van der Waals surface area contributed by atoms with E-state index in [1.807, 2.05) is 49.9 Å². The van der Waals surface area contributed by atoms with Crippen LogP contribution in [0.1, 0.15) is 10.7 Å². The zero-order valence-corrected chi connectivity index (χ0v) is 15.0. The number of aryl methyl sites for hydroxylation is 1. The Kier molecular flexibility index (Phi) is 4.67. The van der Waals surface area contributed by atoms with Gasteiger partial charge in [0, 0.05) is 68.0 Å². The maximum Gasteiger partial charge on any atom is 0.132 e. The molecule has 1 aliphatic rings. The number of hydrogen-bond donors (Lipinski definition) is 0. The molecule has 0 radical (unpaired) electrons. The van der Waals surface area contributed by atoms with Crippen molar-refractivity contribution in [2.24, 2.45) is 0 Å². The quantitative estimate of drug-likeness (QED) is 0.719. The highest BCUT2D eigenvalue weighted by atomic mass is 32.1. The van der Waals surface area contributed by atoms with E-state index in [1.165, 1.54) is 4.88 Å². The van der Waals surface area contributed by atoms with Crippen molar-refractivity contribution in [3.63, 3.8) is 0 Å². The van der Waals surface area contributed by atoms with Crippen LogP contribution >= 0.6 is 11.3 Å². The van der Waals surface area contributed by atoms with E-state index in [9.17, 15) is 0 Å². The summed E-state index contributed by atoms with van der Waals surface area (Å²) < 4.78 is 0. The Balaban J connectivity index is 1.35. The lowest BCUT2D eigenvalue weighted by molar-refractivity contribution is 0.251. The first-order valence-corrected chi connectivity index (χ1v) is 9.21. The van der Waals surface area contributed by atoms with Gasteiger partial charge in [0.05, 0.1) is 0 Å². The number of hydrogen-bond acceptors (Lipinski definition) is 7. The van der Waals surface area contributed by atoms with Gasteiger partial charge in [-0.1, -0.05) is 0 Å². The molecule has 128 valence electrons. The number of rotatable bonds is 4. The van der Waals surface area contributed by atoms with Crippen molar-refractivity contribution in [3.8, 4) is 10.6 Å². The minimum Gasteiger partial charge on any atom is -0.354 e. The lowest BCUT2D eigenvalue weighted by Crippen LogP contribution is -2.46. The van der Waals surface area contributed by atoms with Gasteiger partial charge in [0.2, 0.25) is 0 Å². The van der Waals surface area contributed by atoms with Gasteiger partial charge in [-0.25, -0.2) is 15.0 Å². The van der Waals surface area contributed by atoms with Gasteiger partial charge in [-0.05, 0) is 25.1 Å². The van der Waals surface area contributed by atoms with E-state index in [2.05, 4.69) is 29.7 Å². The van der Waals surface area contributed by atoms with Crippen molar-refractivity contribution >= 4 is 17.2 Å².